The van der Waals surface area contributed by atoms with Crippen LogP contribution in [0.3, 0.4) is 0 Å². The van der Waals surface area contributed by atoms with Crippen molar-refractivity contribution in [2.45, 2.75) is 57.3 Å². The van der Waals surface area contributed by atoms with Gasteiger partial charge in [-0.15, -0.1) is 0 Å². The molecular formula is C30H34N4O4. The average molecular weight is 515 g/mol. The monoisotopic (exact) mass is 514 g/mol. The van der Waals surface area contributed by atoms with E-state index in [9.17, 15) is 14.4 Å². The molecule has 1 aromatic heterocycles. The van der Waals surface area contributed by atoms with Gasteiger partial charge in [0.25, 0.3) is 0 Å². The lowest BCUT2D eigenvalue weighted by atomic mass is 9.96. The number of nitrogens with one attached hydrogen (secondary N) is 2. The Labute approximate surface area is 222 Å². The number of fused-ring (bicyclic) bond motifs is 3. The molecule has 38 heavy (non-hydrogen) atoms. The van der Waals surface area contributed by atoms with E-state index in [1.54, 1.807) is 9.80 Å². The molecule has 0 bridgehead atoms. The van der Waals surface area contributed by atoms with Crippen molar-refractivity contribution in [3.05, 3.63) is 71.4 Å². The highest BCUT2D eigenvalue weighted by molar-refractivity contribution is 5.92. The number of hydrogen-bond acceptors (Lipinski definition) is 5. The Balaban J connectivity index is 1.09. The third-order valence-electron chi connectivity index (χ3n) is 8.24. The van der Waals surface area contributed by atoms with Gasteiger partial charge in [-0.2, -0.15) is 0 Å². The smallest absolute Gasteiger partial charge is 0.311 e. The highest BCUT2D eigenvalue weighted by Gasteiger charge is 2.41. The van der Waals surface area contributed by atoms with Crippen LogP contribution in [-0.2, 0) is 38.7 Å². The molecule has 3 aliphatic rings. The summed E-state index contributed by atoms with van der Waals surface area (Å²) in [6.45, 7) is 2.39. The number of piperidine rings is 1. The molecule has 2 fully saturated rings. The number of carbonyl (C=O) groups is 3. The second-order valence-electron chi connectivity index (χ2n) is 10.7. The number of H-pyrrole nitrogens is 1. The van der Waals surface area contributed by atoms with E-state index in [-0.39, 0.29) is 36.4 Å². The maximum atomic E-state index is 13.7. The largest absolute Gasteiger partial charge is 0.461 e. The van der Waals surface area contributed by atoms with E-state index in [1.807, 2.05) is 42.5 Å². The molecule has 8 nitrogen and oxygen atoms in total. The SMILES string of the molecule is O=C(OCc1ccccc1)C1CCCN(C(=O)[C@@H]2CCCN2C(=O)[C@H]2Cc3c([nH]c4ccccc34)CN2)C1. The third-order valence-corrected chi connectivity index (χ3v) is 8.24. The normalized spacial score (nSPS) is 23.3. The molecule has 3 atom stereocenters. The molecule has 0 saturated carbocycles. The van der Waals surface area contributed by atoms with E-state index in [4.69, 9.17) is 4.74 Å². The van der Waals surface area contributed by atoms with Crippen LogP contribution >= 0.6 is 0 Å². The van der Waals surface area contributed by atoms with Crippen LogP contribution in [0.15, 0.2) is 54.6 Å². The van der Waals surface area contributed by atoms with Crippen molar-refractivity contribution in [2.24, 2.45) is 5.92 Å². The van der Waals surface area contributed by atoms with Gasteiger partial charge in [-0.25, -0.2) is 0 Å². The molecule has 8 heteroatoms. The van der Waals surface area contributed by atoms with E-state index in [0.29, 0.717) is 45.4 Å². The van der Waals surface area contributed by atoms with E-state index in [0.717, 1.165) is 35.0 Å². The molecule has 198 valence electrons. The molecule has 0 aliphatic carbocycles. The zero-order chi connectivity index (χ0) is 26.1. The molecule has 6 rings (SSSR count). The fourth-order valence-electron chi connectivity index (χ4n) is 6.23. The number of likely N-dealkylation sites (tertiary alicyclic amines) is 2. The van der Waals surface area contributed by atoms with Crippen molar-refractivity contribution < 1.29 is 19.1 Å². The summed E-state index contributed by atoms with van der Waals surface area (Å²) in [5.74, 6) is -0.637. The predicted octanol–water partition coefficient (Wildman–Crippen LogP) is 3.16. The summed E-state index contributed by atoms with van der Waals surface area (Å²) in [4.78, 5) is 47.1. The Hall–Kier alpha value is -3.65. The Morgan fingerprint density at radius 1 is 0.921 bits per heavy atom. The Bertz CT molecular complexity index is 1340. The van der Waals surface area contributed by atoms with Crippen LogP contribution in [-0.4, -0.2) is 64.3 Å². The summed E-state index contributed by atoms with van der Waals surface area (Å²) >= 11 is 0. The topological polar surface area (TPSA) is 94.7 Å². The predicted molar refractivity (Wildman–Crippen MR) is 143 cm³/mol. The van der Waals surface area contributed by atoms with E-state index in [1.165, 1.54) is 5.56 Å². The summed E-state index contributed by atoms with van der Waals surface area (Å²) < 4.78 is 5.56. The van der Waals surface area contributed by atoms with Crippen molar-refractivity contribution in [3.63, 3.8) is 0 Å². The third kappa shape index (κ3) is 4.80. The van der Waals surface area contributed by atoms with Crippen LogP contribution in [0.2, 0.25) is 0 Å². The number of carbonyl (C=O) groups excluding carboxylic acids is 3. The number of amides is 2. The first-order valence-electron chi connectivity index (χ1n) is 13.7. The van der Waals surface area contributed by atoms with Gasteiger partial charge in [0.05, 0.1) is 12.0 Å². The van der Waals surface area contributed by atoms with Crippen molar-refractivity contribution in [2.75, 3.05) is 19.6 Å². The first kappa shape index (κ1) is 24.7. The quantitative estimate of drug-likeness (QED) is 0.510. The van der Waals surface area contributed by atoms with Gasteiger partial charge >= 0.3 is 5.97 Å². The van der Waals surface area contributed by atoms with Crippen molar-refractivity contribution in [1.82, 2.24) is 20.1 Å². The van der Waals surface area contributed by atoms with Gasteiger partial charge in [0.15, 0.2) is 0 Å². The number of esters is 1. The second-order valence-corrected chi connectivity index (χ2v) is 10.7. The number of rotatable bonds is 5. The van der Waals surface area contributed by atoms with Gasteiger partial charge in [0, 0.05) is 42.8 Å². The Morgan fingerprint density at radius 3 is 2.58 bits per heavy atom. The standard InChI is InChI=1S/C30H34N4O4/c35-28(25-16-23-22-11-4-5-12-24(22)32-26(23)17-31-25)34-15-7-13-27(34)29(36)33-14-6-10-21(18-33)30(37)38-19-20-8-2-1-3-9-20/h1-5,8-9,11-12,21,25,27,31-32H,6-7,10,13-19H2/t21?,25-,27+/m1/s1. The van der Waals surface area contributed by atoms with Crippen LogP contribution in [0.1, 0.15) is 42.5 Å². The van der Waals surface area contributed by atoms with Crippen LogP contribution in [0.25, 0.3) is 10.9 Å². The molecule has 3 aromatic rings. The lowest BCUT2D eigenvalue weighted by molar-refractivity contribution is -0.154. The number of ether oxygens (including phenoxy) is 1. The maximum absolute atomic E-state index is 13.7. The molecule has 2 amide bonds. The molecule has 2 saturated heterocycles. The molecule has 2 N–H and O–H groups in total. The molecule has 0 radical (unpaired) electrons. The average Bonchev–Trinajstić information content (AvgIpc) is 3.60. The number of para-hydroxylation sites is 1. The zero-order valence-electron chi connectivity index (χ0n) is 21.5. The summed E-state index contributed by atoms with van der Waals surface area (Å²) in [6, 6.07) is 17.0. The Morgan fingerprint density at radius 2 is 1.71 bits per heavy atom. The minimum absolute atomic E-state index is 0.00684. The van der Waals surface area contributed by atoms with Gasteiger partial charge in [0.2, 0.25) is 11.8 Å². The van der Waals surface area contributed by atoms with Gasteiger partial charge < -0.3 is 19.5 Å². The van der Waals surface area contributed by atoms with Gasteiger partial charge in [0.1, 0.15) is 12.6 Å². The van der Waals surface area contributed by atoms with Crippen LogP contribution in [0.5, 0.6) is 0 Å². The highest BCUT2D eigenvalue weighted by atomic mass is 16.5. The van der Waals surface area contributed by atoms with E-state index < -0.39 is 6.04 Å². The summed E-state index contributed by atoms with van der Waals surface area (Å²) in [5.41, 5.74) is 4.35. The van der Waals surface area contributed by atoms with Gasteiger partial charge in [-0.3, -0.25) is 19.7 Å². The molecule has 2 aromatic carbocycles. The Kier molecular flexibility index (Phi) is 6.89. The fourth-order valence-corrected chi connectivity index (χ4v) is 6.23. The molecule has 0 spiro atoms. The fraction of sp³-hybridized carbons (Fsp3) is 0.433. The van der Waals surface area contributed by atoms with Crippen LogP contribution in [0.4, 0.5) is 0 Å². The first-order valence-corrected chi connectivity index (χ1v) is 13.7. The molecule has 3 aliphatic heterocycles. The van der Waals surface area contributed by atoms with Gasteiger partial charge in [-0.05, 0) is 49.3 Å². The van der Waals surface area contributed by atoms with Crippen molar-refractivity contribution in [1.29, 1.82) is 0 Å². The second kappa shape index (κ2) is 10.6. The molecule has 1 unspecified atom stereocenters. The first-order chi connectivity index (χ1) is 18.6. The summed E-state index contributed by atoms with van der Waals surface area (Å²) in [5, 5.41) is 4.55. The molecule has 4 heterocycles. The number of nitrogens with zero attached hydrogens (tertiary/aromatic N) is 2. The van der Waals surface area contributed by atoms with Crippen molar-refractivity contribution >= 4 is 28.7 Å². The van der Waals surface area contributed by atoms with Gasteiger partial charge in [-0.1, -0.05) is 48.5 Å². The lowest BCUT2D eigenvalue weighted by Crippen LogP contribution is -2.56. The lowest BCUT2D eigenvalue weighted by Gasteiger charge is -2.36. The van der Waals surface area contributed by atoms with Crippen molar-refractivity contribution in [3.8, 4) is 0 Å². The van der Waals surface area contributed by atoms with E-state index in [2.05, 4.69) is 22.4 Å². The minimum Gasteiger partial charge on any atom is -0.461 e. The number of hydrogen-bond donors (Lipinski definition) is 2. The number of aromatic amines is 1. The highest BCUT2D eigenvalue weighted by Crippen LogP contribution is 2.29. The van der Waals surface area contributed by atoms with E-state index >= 15 is 0 Å². The minimum atomic E-state index is -0.465. The zero-order valence-corrected chi connectivity index (χ0v) is 21.5. The summed E-state index contributed by atoms with van der Waals surface area (Å²) in [7, 11) is 0. The molecular weight excluding hydrogens is 480 g/mol. The van der Waals surface area contributed by atoms with Crippen LogP contribution in [0, 0.1) is 5.92 Å². The van der Waals surface area contributed by atoms with Crippen LogP contribution < -0.4 is 5.32 Å². The number of aromatic nitrogens is 1. The number of benzene rings is 2. The summed E-state index contributed by atoms with van der Waals surface area (Å²) in [6.07, 6.45) is 3.54. The maximum Gasteiger partial charge on any atom is 0.311 e.